The highest BCUT2D eigenvalue weighted by molar-refractivity contribution is 6.32. The summed E-state index contributed by atoms with van der Waals surface area (Å²) in [6.45, 7) is 9.81. The van der Waals surface area contributed by atoms with Crippen molar-refractivity contribution in [3.05, 3.63) is 64.2 Å². The Hall–Kier alpha value is -2.53. The molecule has 168 valence electrons. The van der Waals surface area contributed by atoms with Gasteiger partial charge in [0.25, 0.3) is 5.91 Å². The first-order valence-corrected chi connectivity index (χ1v) is 11.1. The molecule has 2 aromatic rings. The van der Waals surface area contributed by atoms with Gasteiger partial charge in [-0.1, -0.05) is 48.9 Å². The van der Waals surface area contributed by atoms with Crippen LogP contribution in [-0.4, -0.2) is 41.9 Å². The van der Waals surface area contributed by atoms with Gasteiger partial charge in [0.15, 0.2) is 6.61 Å². The maximum atomic E-state index is 13.1. The second-order valence-corrected chi connectivity index (χ2v) is 8.35. The van der Waals surface area contributed by atoms with E-state index in [9.17, 15) is 9.59 Å². The van der Waals surface area contributed by atoms with E-state index < -0.39 is 6.04 Å². The molecule has 0 aliphatic carbocycles. The van der Waals surface area contributed by atoms with Crippen molar-refractivity contribution in [3.63, 3.8) is 0 Å². The third-order valence-electron chi connectivity index (χ3n) is 5.42. The number of nitrogens with zero attached hydrogens (tertiary/aromatic N) is 1. The molecular formula is C25H33ClN2O3. The molecule has 0 heterocycles. The van der Waals surface area contributed by atoms with Crippen LogP contribution in [0.1, 0.15) is 43.9 Å². The van der Waals surface area contributed by atoms with Crippen LogP contribution < -0.4 is 10.1 Å². The first-order chi connectivity index (χ1) is 14.7. The Bertz CT molecular complexity index is 863. The molecule has 2 rings (SSSR count). The van der Waals surface area contributed by atoms with E-state index in [1.807, 2.05) is 70.2 Å². The summed E-state index contributed by atoms with van der Waals surface area (Å²) in [6.07, 6.45) is 1.49. The van der Waals surface area contributed by atoms with Crippen LogP contribution >= 0.6 is 11.6 Å². The molecule has 2 atom stereocenters. The third-order valence-corrected chi connectivity index (χ3v) is 6.02. The second kappa shape index (κ2) is 11.8. The molecule has 0 spiro atoms. The van der Waals surface area contributed by atoms with Crippen LogP contribution in [-0.2, 0) is 16.0 Å². The number of carbonyl (C=O) groups excluding carboxylic acids is 2. The molecule has 1 N–H and O–H groups in total. The third kappa shape index (κ3) is 7.28. The Kier molecular flexibility index (Phi) is 9.38. The van der Waals surface area contributed by atoms with Gasteiger partial charge in [-0.2, -0.15) is 0 Å². The van der Waals surface area contributed by atoms with Crippen LogP contribution in [0.3, 0.4) is 0 Å². The summed E-state index contributed by atoms with van der Waals surface area (Å²) in [5, 5.41) is 3.66. The summed E-state index contributed by atoms with van der Waals surface area (Å²) in [4.78, 5) is 27.4. The van der Waals surface area contributed by atoms with Crippen LogP contribution in [0, 0.1) is 13.8 Å². The van der Waals surface area contributed by atoms with Crippen molar-refractivity contribution < 1.29 is 14.3 Å². The van der Waals surface area contributed by atoms with Gasteiger partial charge in [0.1, 0.15) is 11.8 Å². The van der Waals surface area contributed by atoms with Crippen molar-refractivity contribution in [1.82, 2.24) is 10.2 Å². The van der Waals surface area contributed by atoms with Crippen LogP contribution in [0.5, 0.6) is 5.75 Å². The zero-order valence-electron chi connectivity index (χ0n) is 19.1. The van der Waals surface area contributed by atoms with Crippen LogP contribution in [0.25, 0.3) is 0 Å². The number of ether oxygens (including phenoxy) is 1. The lowest BCUT2D eigenvalue weighted by molar-refractivity contribution is -0.141. The van der Waals surface area contributed by atoms with Crippen molar-refractivity contribution >= 4 is 23.4 Å². The first-order valence-electron chi connectivity index (χ1n) is 10.8. The number of halogens is 1. The quantitative estimate of drug-likeness (QED) is 0.577. The summed E-state index contributed by atoms with van der Waals surface area (Å²) >= 11 is 6.22. The van der Waals surface area contributed by atoms with Crippen molar-refractivity contribution in [2.45, 2.75) is 59.5 Å². The zero-order valence-corrected chi connectivity index (χ0v) is 19.8. The topological polar surface area (TPSA) is 58.6 Å². The standard InChI is InChI=1S/C25H33ClN2O3/c1-6-19(4)27-25(30)20(5)28(13-12-21-10-8-7-9-11-21)23(29)16-31-22-14-17(2)24(26)18(3)15-22/h7-11,14-15,19-20H,6,12-13,16H2,1-5H3,(H,27,30). The maximum Gasteiger partial charge on any atom is 0.261 e. The van der Waals surface area contributed by atoms with Gasteiger partial charge in [0.05, 0.1) is 0 Å². The molecule has 0 radical (unpaired) electrons. The molecule has 2 aromatic carbocycles. The SMILES string of the molecule is CCC(C)NC(=O)C(C)N(CCc1ccccc1)C(=O)COc1cc(C)c(Cl)c(C)c1. The highest BCUT2D eigenvalue weighted by atomic mass is 35.5. The monoisotopic (exact) mass is 444 g/mol. The van der Waals surface area contributed by atoms with Crippen LogP contribution in [0.2, 0.25) is 5.02 Å². The number of nitrogens with one attached hydrogen (secondary N) is 1. The number of rotatable bonds is 10. The fourth-order valence-corrected chi connectivity index (χ4v) is 3.36. The summed E-state index contributed by atoms with van der Waals surface area (Å²) in [6, 6.07) is 13.0. The van der Waals surface area contributed by atoms with E-state index in [4.69, 9.17) is 16.3 Å². The normalized spacial score (nSPS) is 12.7. The van der Waals surface area contributed by atoms with Crippen molar-refractivity contribution in [1.29, 1.82) is 0 Å². The molecule has 6 heteroatoms. The Labute approximate surface area is 190 Å². The van der Waals surface area contributed by atoms with E-state index in [-0.39, 0.29) is 24.5 Å². The fraction of sp³-hybridized carbons (Fsp3) is 0.440. The number of aryl methyl sites for hydroxylation is 2. The van der Waals surface area contributed by atoms with Gasteiger partial charge in [-0.05, 0) is 69.4 Å². The smallest absolute Gasteiger partial charge is 0.261 e. The van der Waals surface area contributed by atoms with Gasteiger partial charge in [-0.3, -0.25) is 9.59 Å². The minimum atomic E-state index is -0.595. The van der Waals surface area contributed by atoms with Gasteiger partial charge in [0, 0.05) is 17.6 Å². The molecule has 0 aromatic heterocycles. The van der Waals surface area contributed by atoms with Crippen molar-refractivity contribution in [2.24, 2.45) is 0 Å². The van der Waals surface area contributed by atoms with Gasteiger partial charge >= 0.3 is 0 Å². The van der Waals surface area contributed by atoms with Gasteiger partial charge in [0.2, 0.25) is 5.91 Å². The summed E-state index contributed by atoms with van der Waals surface area (Å²) < 4.78 is 5.77. The zero-order chi connectivity index (χ0) is 23.0. The average Bonchev–Trinajstić information content (AvgIpc) is 2.76. The van der Waals surface area contributed by atoms with Gasteiger partial charge < -0.3 is 15.0 Å². The summed E-state index contributed by atoms with van der Waals surface area (Å²) in [5.41, 5.74) is 2.90. The molecule has 0 aliphatic rings. The number of hydrogen-bond acceptors (Lipinski definition) is 3. The number of hydrogen-bond donors (Lipinski definition) is 1. The first kappa shape index (κ1) is 24.7. The predicted molar refractivity (Wildman–Crippen MR) is 126 cm³/mol. The molecule has 0 aliphatic heterocycles. The van der Waals surface area contributed by atoms with E-state index in [0.717, 1.165) is 23.1 Å². The van der Waals surface area contributed by atoms with Gasteiger partial charge in [-0.25, -0.2) is 0 Å². The van der Waals surface area contributed by atoms with E-state index in [2.05, 4.69) is 5.32 Å². The molecule has 5 nitrogen and oxygen atoms in total. The van der Waals surface area contributed by atoms with Crippen LogP contribution in [0.15, 0.2) is 42.5 Å². The fourth-order valence-electron chi connectivity index (χ4n) is 3.25. The Morgan fingerprint density at radius 1 is 1.10 bits per heavy atom. The highest BCUT2D eigenvalue weighted by Crippen LogP contribution is 2.26. The average molecular weight is 445 g/mol. The molecule has 31 heavy (non-hydrogen) atoms. The molecule has 0 bridgehead atoms. The van der Waals surface area contributed by atoms with E-state index in [1.165, 1.54) is 0 Å². The lowest BCUT2D eigenvalue weighted by atomic mass is 10.1. The Morgan fingerprint density at radius 2 is 1.71 bits per heavy atom. The minimum absolute atomic E-state index is 0.0530. The molecule has 0 fully saturated rings. The predicted octanol–water partition coefficient (Wildman–Crippen LogP) is 4.71. The van der Waals surface area contributed by atoms with Gasteiger partial charge in [-0.15, -0.1) is 0 Å². The van der Waals surface area contributed by atoms with Crippen molar-refractivity contribution in [2.75, 3.05) is 13.2 Å². The minimum Gasteiger partial charge on any atom is -0.484 e. The van der Waals surface area contributed by atoms with E-state index >= 15 is 0 Å². The van der Waals surface area contributed by atoms with E-state index in [0.29, 0.717) is 23.7 Å². The molecule has 2 unspecified atom stereocenters. The lowest BCUT2D eigenvalue weighted by Gasteiger charge is -2.29. The molecule has 0 saturated carbocycles. The number of carbonyl (C=O) groups is 2. The molecule has 2 amide bonds. The highest BCUT2D eigenvalue weighted by Gasteiger charge is 2.26. The maximum absolute atomic E-state index is 13.1. The Balaban J connectivity index is 2.11. The van der Waals surface area contributed by atoms with Crippen LogP contribution in [0.4, 0.5) is 0 Å². The summed E-state index contributed by atoms with van der Waals surface area (Å²) in [7, 11) is 0. The number of amides is 2. The number of benzene rings is 2. The second-order valence-electron chi connectivity index (χ2n) is 7.98. The molecular weight excluding hydrogens is 412 g/mol. The summed E-state index contributed by atoms with van der Waals surface area (Å²) in [5.74, 6) is 0.203. The Morgan fingerprint density at radius 3 is 2.29 bits per heavy atom. The van der Waals surface area contributed by atoms with E-state index in [1.54, 1.807) is 11.8 Å². The molecule has 0 saturated heterocycles. The van der Waals surface area contributed by atoms with Crippen molar-refractivity contribution in [3.8, 4) is 5.75 Å². The largest absolute Gasteiger partial charge is 0.484 e. The lowest BCUT2D eigenvalue weighted by Crippen LogP contribution is -2.51.